The van der Waals surface area contributed by atoms with Gasteiger partial charge in [-0.3, -0.25) is 0 Å². The van der Waals surface area contributed by atoms with Crippen molar-refractivity contribution in [3.63, 3.8) is 0 Å². The quantitative estimate of drug-likeness (QED) is 0.855. The van der Waals surface area contributed by atoms with Crippen molar-refractivity contribution in [2.75, 3.05) is 0 Å². The summed E-state index contributed by atoms with van der Waals surface area (Å²) >= 11 is 0. The van der Waals surface area contributed by atoms with E-state index < -0.39 is 6.10 Å². The lowest BCUT2D eigenvalue weighted by Crippen LogP contribution is -2.05. The molecule has 2 aromatic rings. The van der Waals surface area contributed by atoms with Crippen molar-refractivity contribution in [3.8, 4) is 0 Å². The second-order valence-corrected chi connectivity index (χ2v) is 4.79. The molecule has 0 unspecified atom stereocenters. The zero-order valence-corrected chi connectivity index (χ0v) is 11.1. The van der Waals surface area contributed by atoms with Crippen molar-refractivity contribution in [2.45, 2.75) is 32.3 Å². The molecule has 1 aromatic heterocycles. The molecular weight excluding hydrogens is 222 g/mol. The number of aromatic nitrogens is 1. The third-order valence-electron chi connectivity index (χ3n) is 3.38. The normalized spacial score (nSPS) is 12.6. The molecule has 0 aliphatic heterocycles. The molecule has 1 heterocycles. The fourth-order valence-electron chi connectivity index (χ4n) is 2.18. The Kier molecular flexibility index (Phi) is 4.21. The van der Waals surface area contributed by atoms with Crippen LogP contribution in [0.4, 0.5) is 0 Å². The summed E-state index contributed by atoms with van der Waals surface area (Å²) in [5.41, 5.74) is 3.23. The van der Waals surface area contributed by atoms with Gasteiger partial charge in [-0.15, -0.1) is 0 Å². The maximum absolute atomic E-state index is 10.3. The Morgan fingerprint density at radius 2 is 1.89 bits per heavy atom. The van der Waals surface area contributed by atoms with Gasteiger partial charge in [-0.1, -0.05) is 37.6 Å². The molecule has 1 N–H and O–H groups in total. The molecule has 0 fully saturated rings. The summed E-state index contributed by atoms with van der Waals surface area (Å²) in [7, 11) is 1.95. The number of hydrogen-bond acceptors (Lipinski definition) is 1. The van der Waals surface area contributed by atoms with Gasteiger partial charge < -0.3 is 9.67 Å². The van der Waals surface area contributed by atoms with Crippen molar-refractivity contribution >= 4 is 0 Å². The maximum Gasteiger partial charge on any atom is 0.119 e. The fraction of sp³-hybridized carbons (Fsp3) is 0.375. The summed E-state index contributed by atoms with van der Waals surface area (Å²) in [6.07, 6.45) is 4.98. The number of aryl methyl sites for hydroxylation is 2. The molecule has 2 rings (SSSR count). The van der Waals surface area contributed by atoms with Gasteiger partial charge in [-0.25, -0.2) is 0 Å². The van der Waals surface area contributed by atoms with Crippen LogP contribution in [0.25, 0.3) is 0 Å². The number of rotatable bonds is 5. The Hall–Kier alpha value is -1.54. The zero-order valence-electron chi connectivity index (χ0n) is 11.1. The van der Waals surface area contributed by atoms with E-state index in [1.807, 2.05) is 42.1 Å². The van der Waals surface area contributed by atoms with Crippen LogP contribution in [0.2, 0.25) is 0 Å². The summed E-state index contributed by atoms with van der Waals surface area (Å²) in [5.74, 6) is 0. The third kappa shape index (κ3) is 2.82. The average molecular weight is 243 g/mol. The van der Waals surface area contributed by atoms with Crippen LogP contribution in [0.1, 0.15) is 42.7 Å². The first kappa shape index (κ1) is 12.9. The van der Waals surface area contributed by atoms with Crippen LogP contribution in [0.5, 0.6) is 0 Å². The zero-order chi connectivity index (χ0) is 13.0. The Morgan fingerprint density at radius 1 is 1.17 bits per heavy atom. The average Bonchev–Trinajstić information content (AvgIpc) is 2.82. The number of aliphatic hydroxyl groups excluding tert-OH is 1. The first-order chi connectivity index (χ1) is 8.72. The summed E-state index contributed by atoms with van der Waals surface area (Å²) in [5, 5.41) is 10.3. The molecular formula is C16H21NO. The van der Waals surface area contributed by atoms with Gasteiger partial charge in [-0.2, -0.15) is 0 Å². The molecule has 0 bridgehead atoms. The highest BCUT2D eigenvalue weighted by atomic mass is 16.3. The molecule has 0 spiro atoms. The highest BCUT2D eigenvalue weighted by Crippen LogP contribution is 2.22. The van der Waals surface area contributed by atoms with E-state index in [0.29, 0.717) is 0 Å². The van der Waals surface area contributed by atoms with Crippen LogP contribution in [0, 0.1) is 0 Å². The van der Waals surface area contributed by atoms with Gasteiger partial charge in [0.1, 0.15) is 6.10 Å². The monoisotopic (exact) mass is 243 g/mol. The Bertz CT molecular complexity index is 484. The topological polar surface area (TPSA) is 25.2 Å². The van der Waals surface area contributed by atoms with Crippen LogP contribution in [0.3, 0.4) is 0 Å². The van der Waals surface area contributed by atoms with E-state index in [2.05, 4.69) is 19.1 Å². The SMILES string of the molecule is CCCCc1ccc([C@@H](O)c2cccn2C)cc1. The maximum atomic E-state index is 10.3. The predicted octanol–water partition coefficient (Wildman–Crippen LogP) is 3.45. The van der Waals surface area contributed by atoms with Crippen molar-refractivity contribution in [1.82, 2.24) is 4.57 Å². The molecule has 1 atom stereocenters. The molecule has 2 nitrogen and oxygen atoms in total. The minimum Gasteiger partial charge on any atom is -0.382 e. The molecule has 1 aromatic carbocycles. The van der Waals surface area contributed by atoms with Crippen molar-refractivity contribution in [1.29, 1.82) is 0 Å². The first-order valence-electron chi connectivity index (χ1n) is 6.60. The van der Waals surface area contributed by atoms with Gasteiger partial charge in [0, 0.05) is 13.2 Å². The van der Waals surface area contributed by atoms with E-state index in [9.17, 15) is 5.11 Å². The number of unbranched alkanes of at least 4 members (excludes halogenated alkanes) is 1. The van der Waals surface area contributed by atoms with Crippen LogP contribution in [-0.4, -0.2) is 9.67 Å². The number of nitrogens with zero attached hydrogens (tertiary/aromatic N) is 1. The Labute approximate surface area is 109 Å². The molecule has 0 aliphatic rings. The second kappa shape index (κ2) is 5.87. The van der Waals surface area contributed by atoms with Crippen molar-refractivity contribution < 1.29 is 5.11 Å². The van der Waals surface area contributed by atoms with Gasteiger partial charge in [-0.05, 0) is 36.1 Å². The number of aliphatic hydroxyl groups is 1. The van der Waals surface area contributed by atoms with E-state index in [-0.39, 0.29) is 0 Å². The molecule has 0 amide bonds. The highest BCUT2D eigenvalue weighted by Gasteiger charge is 2.12. The fourth-order valence-corrected chi connectivity index (χ4v) is 2.18. The van der Waals surface area contributed by atoms with Gasteiger partial charge in [0.2, 0.25) is 0 Å². The molecule has 18 heavy (non-hydrogen) atoms. The number of benzene rings is 1. The van der Waals surface area contributed by atoms with Crippen LogP contribution < -0.4 is 0 Å². The lowest BCUT2D eigenvalue weighted by molar-refractivity contribution is 0.211. The summed E-state index contributed by atoms with van der Waals surface area (Å²) in [6, 6.07) is 12.2. The third-order valence-corrected chi connectivity index (χ3v) is 3.38. The van der Waals surface area contributed by atoms with Gasteiger partial charge >= 0.3 is 0 Å². The van der Waals surface area contributed by atoms with Crippen molar-refractivity contribution in [3.05, 3.63) is 59.4 Å². The van der Waals surface area contributed by atoms with Crippen LogP contribution in [-0.2, 0) is 13.5 Å². The van der Waals surface area contributed by atoms with Crippen LogP contribution in [0.15, 0.2) is 42.6 Å². The Balaban J connectivity index is 2.12. The van der Waals surface area contributed by atoms with E-state index in [4.69, 9.17) is 0 Å². The van der Waals surface area contributed by atoms with Gasteiger partial charge in [0.05, 0.1) is 5.69 Å². The molecule has 0 aliphatic carbocycles. The molecule has 96 valence electrons. The van der Waals surface area contributed by atoms with Crippen molar-refractivity contribution in [2.24, 2.45) is 7.05 Å². The first-order valence-corrected chi connectivity index (χ1v) is 6.60. The predicted molar refractivity (Wildman–Crippen MR) is 74.5 cm³/mol. The lowest BCUT2D eigenvalue weighted by Gasteiger charge is -2.13. The largest absolute Gasteiger partial charge is 0.382 e. The molecule has 0 radical (unpaired) electrons. The van der Waals surface area contributed by atoms with E-state index in [1.165, 1.54) is 18.4 Å². The minimum absolute atomic E-state index is 0.537. The molecule has 0 saturated heterocycles. The summed E-state index contributed by atoms with van der Waals surface area (Å²) < 4.78 is 1.95. The molecule has 2 heteroatoms. The standard InChI is InChI=1S/C16H21NO/c1-3-4-6-13-8-10-14(11-9-13)16(18)15-7-5-12-17(15)2/h5,7-12,16,18H,3-4,6H2,1-2H3/t16-/m1/s1. The van der Waals surface area contributed by atoms with Gasteiger partial charge in [0.15, 0.2) is 0 Å². The van der Waals surface area contributed by atoms with Gasteiger partial charge in [0.25, 0.3) is 0 Å². The summed E-state index contributed by atoms with van der Waals surface area (Å²) in [4.78, 5) is 0. The molecule has 0 saturated carbocycles. The van der Waals surface area contributed by atoms with E-state index in [0.717, 1.165) is 17.7 Å². The highest BCUT2D eigenvalue weighted by molar-refractivity contribution is 5.29. The van der Waals surface area contributed by atoms with E-state index in [1.54, 1.807) is 0 Å². The Morgan fingerprint density at radius 3 is 2.44 bits per heavy atom. The second-order valence-electron chi connectivity index (χ2n) is 4.79. The smallest absolute Gasteiger partial charge is 0.119 e. The van der Waals surface area contributed by atoms with E-state index >= 15 is 0 Å². The lowest BCUT2D eigenvalue weighted by atomic mass is 10.0. The van der Waals surface area contributed by atoms with Crippen LogP contribution >= 0.6 is 0 Å². The summed E-state index contributed by atoms with van der Waals surface area (Å²) in [6.45, 7) is 2.20. The minimum atomic E-state index is -0.537. The number of hydrogen-bond donors (Lipinski definition) is 1.